The average molecular weight is 423 g/mol. The summed E-state index contributed by atoms with van der Waals surface area (Å²) in [5.74, 6) is 2.65. The molecule has 1 aliphatic carbocycles. The van der Waals surface area contributed by atoms with Crippen molar-refractivity contribution < 1.29 is 9.53 Å². The third-order valence-electron chi connectivity index (χ3n) is 6.31. The fraction of sp³-hybridized carbons (Fsp3) is 0.522. The molecule has 1 aromatic heterocycles. The normalized spacial score (nSPS) is 21.1. The van der Waals surface area contributed by atoms with Crippen molar-refractivity contribution in [2.45, 2.75) is 38.9 Å². The first-order chi connectivity index (χ1) is 15.1. The summed E-state index contributed by atoms with van der Waals surface area (Å²) in [6, 6.07) is 7.76. The molecule has 1 aromatic carbocycles. The lowest BCUT2D eigenvalue weighted by Crippen LogP contribution is -2.44. The number of urea groups is 1. The largest absolute Gasteiger partial charge is 0.377 e. The number of carbonyl (C=O) groups excluding carboxylic acids is 1. The van der Waals surface area contributed by atoms with Crippen LogP contribution in [0.25, 0.3) is 11.4 Å². The summed E-state index contributed by atoms with van der Waals surface area (Å²) >= 11 is 0. The van der Waals surface area contributed by atoms with Crippen molar-refractivity contribution in [3.8, 4) is 11.4 Å². The van der Waals surface area contributed by atoms with Crippen molar-refractivity contribution in [2.24, 2.45) is 5.92 Å². The lowest BCUT2D eigenvalue weighted by Gasteiger charge is -2.35. The van der Waals surface area contributed by atoms with Crippen LogP contribution in [0.3, 0.4) is 0 Å². The molecule has 31 heavy (non-hydrogen) atoms. The second-order valence-corrected chi connectivity index (χ2v) is 8.81. The van der Waals surface area contributed by atoms with Gasteiger partial charge in [-0.2, -0.15) is 0 Å². The van der Waals surface area contributed by atoms with Crippen molar-refractivity contribution in [1.29, 1.82) is 0 Å². The minimum atomic E-state index is -0.235. The van der Waals surface area contributed by atoms with Crippen LogP contribution in [0.2, 0.25) is 0 Å². The van der Waals surface area contributed by atoms with Crippen molar-refractivity contribution >= 4 is 17.5 Å². The first kappa shape index (κ1) is 20.2. The van der Waals surface area contributed by atoms with E-state index in [0.717, 1.165) is 73.9 Å². The van der Waals surface area contributed by atoms with Gasteiger partial charge in [-0.05, 0) is 49.9 Å². The van der Waals surface area contributed by atoms with E-state index in [1.54, 1.807) is 7.05 Å². The number of aromatic nitrogens is 2. The van der Waals surface area contributed by atoms with Crippen LogP contribution >= 0.6 is 0 Å². The van der Waals surface area contributed by atoms with Crippen LogP contribution in [0.15, 0.2) is 24.3 Å². The van der Waals surface area contributed by atoms with Crippen molar-refractivity contribution in [2.75, 3.05) is 43.6 Å². The predicted molar refractivity (Wildman–Crippen MR) is 120 cm³/mol. The topological polar surface area (TPSA) is 82.6 Å². The first-order valence-electron chi connectivity index (χ1n) is 11.2. The molecule has 0 bridgehead atoms. The monoisotopic (exact) mass is 422 g/mol. The van der Waals surface area contributed by atoms with Gasteiger partial charge in [0.2, 0.25) is 0 Å². The zero-order valence-electron chi connectivity index (χ0n) is 18.2. The zero-order valence-corrected chi connectivity index (χ0v) is 18.2. The van der Waals surface area contributed by atoms with E-state index in [-0.39, 0.29) is 12.1 Å². The number of morpholine rings is 1. The number of nitrogens with one attached hydrogen (secondary N) is 2. The Kier molecular flexibility index (Phi) is 5.50. The third-order valence-corrected chi connectivity index (χ3v) is 6.31. The quantitative estimate of drug-likeness (QED) is 0.771. The standard InChI is InChI=1S/C23H30N6O2/c1-15-14-31-10-9-29(15)22-19-12-28(11-16-3-4-16)13-20(19)26-21(27-22)17-5-7-18(8-6-17)25-23(30)24-2/h5-8,15-16H,3-4,9-14H2,1-2H3,(H2,24,25,30). The number of anilines is 2. The molecule has 3 heterocycles. The molecule has 1 saturated heterocycles. The Hall–Kier alpha value is -2.71. The summed E-state index contributed by atoms with van der Waals surface area (Å²) in [6.45, 7) is 7.47. The first-order valence-corrected chi connectivity index (χ1v) is 11.2. The van der Waals surface area contributed by atoms with Gasteiger partial charge < -0.3 is 20.3 Å². The van der Waals surface area contributed by atoms with Gasteiger partial charge in [0.05, 0.1) is 24.9 Å². The molecule has 164 valence electrons. The maximum absolute atomic E-state index is 11.6. The number of hydrogen-bond donors (Lipinski definition) is 2. The molecule has 2 fully saturated rings. The number of ether oxygens (including phenoxy) is 1. The molecule has 2 aliphatic heterocycles. The summed E-state index contributed by atoms with van der Waals surface area (Å²) in [4.78, 5) is 26.5. The van der Waals surface area contributed by atoms with Gasteiger partial charge >= 0.3 is 6.03 Å². The van der Waals surface area contributed by atoms with E-state index in [1.165, 1.54) is 18.4 Å². The maximum Gasteiger partial charge on any atom is 0.318 e. The molecule has 1 unspecified atom stereocenters. The van der Waals surface area contributed by atoms with Gasteiger partial charge in [-0.15, -0.1) is 0 Å². The van der Waals surface area contributed by atoms with Gasteiger partial charge in [0.15, 0.2) is 5.82 Å². The third kappa shape index (κ3) is 4.36. The molecule has 1 atom stereocenters. The van der Waals surface area contributed by atoms with E-state index in [2.05, 4.69) is 27.4 Å². The molecule has 1 saturated carbocycles. The number of amides is 2. The Labute approximate surface area is 183 Å². The molecule has 3 aliphatic rings. The number of benzene rings is 1. The van der Waals surface area contributed by atoms with Crippen LogP contribution in [0.5, 0.6) is 0 Å². The molecular formula is C23H30N6O2. The molecule has 8 nitrogen and oxygen atoms in total. The van der Waals surface area contributed by atoms with Gasteiger partial charge in [-0.25, -0.2) is 14.8 Å². The lowest BCUT2D eigenvalue weighted by molar-refractivity contribution is 0.0984. The van der Waals surface area contributed by atoms with Crippen LogP contribution in [-0.2, 0) is 17.8 Å². The highest BCUT2D eigenvalue weighted by molar-refractivity contribution is 5.89. The van der Waals surface area contributed by atoms with Gasteiger partial charge in [0, 0.05) is 50.0 Å². The molecule has 8 heteroatoms. The minimum absolute atomic E-state index is 0.235. The fourth-order valence-corrected chi connectivity index (χ4v) is 4.40. The number of fused-ring (bicyclic) bond motifs is 1. The lowest BCUT2D eigenvalue weighted by atomic mass is 10.1. The van der Waals surface area contributed by atoms with Crippen molar-refractivity contribution in [3.63, 3.8) is 0 Å². The predicted octanol–water partition coefficient (Wildman–Crippen LogP) is 2.85. The number of nitrogens with zero attached hydrogens (tertiary/aromatic N) is 4. The fourth-order valence-electron chi connectivity index (χ4n) is 4.40. The van der Waals surface area contributed by atoms with Crippen LogP contribution in [0, 0.1) is 5.92 Å². The Balaban J connectivity index is 1.47. The van der Waals surface area contributed by atoms with E-state index in [4.69, 9.17) is 14.7 Å². The smallest absolute Gasteiger partial charge is 0.318 e. The van der Waals surface area contributed by atoms with Gasteiger partial charge in [-0.1, -0.05) is 0 Å². The van der Waals surface area contributed by atoms with Gasteiger partial charge in [-0.3, -0.25) is 4.90 Å². The Morgan fingerprint density at radius 3 is 2.71 bits per heavy atom. The molecule has 0 radical (unpaired) electrons. The highest BCUT2D eigenvalue weighted by Gasteiger charge is 2.33. The highest BCUT2D eigenvalue weighted by atomic mass is 16.5. The summed E-state index contributed by atoms with van der Waals surface area (Å²) in [7, 11) is 1.60. The Bertz CT molecular complexity index is 959. The molecule has 2 aromatic rings. The Morgan fingerprint density at radius 1 is 1.19 bits per heavy atom. The van der Waals surface area contributed by atoms with Crippen molar-refractivity contribution in [3.05, 3.63) is 35.5 Å². The van der Waals surface area contributed by atoms with E-state index in [9.17, 15) is 4.79 Å². The van der Waals surface area contributed by atoms with Crippen molar-refractivity contribution in [1.82, 2.24) is 20.2 Å². The number of carbonyl (C=O) groups is 1. The summed E-state index contributed by atoms with van der Waals surface area (Å²) in [6.07, 6.45) is 2.71. The van der Waals surface area contributed by atoms with Gasteiger partial charge in [0.1, 0.15) is 5.82 Å². The summed E-state index contributed by atoms with van der Waals surface area (Å²) in [5.41, 5.74) is 4.11. The average Bonchev–Trinajstić information content (AvgIpc) is 3.50. The van der Waals surface area contributed by atoms with Crippen LogP contribution < -0.4 is 15.5 Å². The SMILES string of the molecule is CNC(=O)Nc1ccc(-c2nc3c(c(N4CCOCC4C)n2)CN(CC2CC2)C3)cc1. The number of hydrogen-bond acceptors (Lipinski definition) is 6. The summed E-state index contributed by atoms with van der Waals surface area (Å²) in [5, 5.41) is 5.35. The van der Waals surface area contributed by atoms with E-state index in [0.29, 0.717) is 0 Å². The molecule has 0 spiro atoms. The van der Waals surface area contributed by atoms with Gasteiger partial charge in [0.25, 0.3) is 0 Å². The molecular weight excluding hydrogens is 392 g/mol. The maximum atomic E-state index is 11.6. The Morgan fingerprint density at radius 2 is 2.00 bits per heavy atom. The van der Waals surface area contributed by atoms with Crippen LogP contribution in [-0.4, -0.2) is 60.3 Å². The van der Waals surface area contributed by atoms with E-state index >= 15 is 0 Å². The second kappa shape index (κ2) is 8.43. The minimum Gasteiger partial charge on any atom is -0.377 e. The van der Waals surface area contributed by atoms with Crippen LogP contribution in [0.1, 0.15) is 31.0 Å². The highest BCUT2D eigenvalue weighted by Crippen LogP contribution is 2.36. The van der Waals surface area contributed by atoms with Crippen LogP contribution in [0.4, 0.5) is 16.3 Å². The van der Waals surface area contributed by atoms with E-state index in [1.807, 2.05) is 24.3 Å². The molecule has 5 rings (SSSR count). The zero-order chi connectivity index (χ0) is 21.4. The molecule has 2 N–H and O–H groups in total. The number of rotatable bonds is 5. The molecule has 2 amide bonds. The second-order valence-electron chi connectivity index (χ2n) is 8.81. The van der Waals surface area contributed by atoms with E-state index < -0.39 is 0 Å². The summed E-state index contributed by atoms with van der Waals surface area (Å²) < 4.78 is 5.67.